The number of aliphatic hydroxyl groups excluding tert-OH is 1. The monoisotopic (exact) mass is 229 g/mol. The third-order valence-corrected chi connectivity index (χ3v) is 2.50. The summed E-state index contributed by atoms with van der Waals surface area (Å²) in [6.45, 7) is 4.80. The minimum atomic E-state index is 0.160. The maximum absolute atomic E-state index is 8.90. The first-order valence-corrected chi connectivity index (χ1v) is 5.40. The average Bonchev–Trinajstić information content (AvgIpc) is 2.25. The molecule has 1 aromatic heterocycles. The van der Waals surface area contributed by atoms with Crippen LogP contribution in [0.2, 0.25) is 5.15 Å². The molecule has 0 radical (unpaired) electrons. The fraction of sp³-hybridized carbons (Fsp3) is 0.600. The SMILES string of the molecule is CCc1c(Cl)ncnc1NCC(C)CO. The van der Waals surface area contributed by atoms with Crippen LogP contribution in [0.4, 0.5) is 5.82 Å². The van der Waals surface area contributed by atoms with Crippen molar-refractivity contribution in [3.63, 3.8) is 0 Å². The third kappa shape index (κ3) is 3.32. The lowest BCUT2D eigenvalue weighted by atomic mass is 10.2. The Kier molecular flexibility index (Phi) is 4.78. The number of nitrogens with one attached hydrogen (secondary N) is 1. The molecule has 0 aliphatic rings. The Bertz CT molecular complexity index is 320. The minimum Gasteiger partial charge on any atom is -0.396 e. The lowest BCUT2D eigenvalue weighted by Crippen LogP contribution is -2.16. The van der Waals surface area contributed by atoms with Crippen LogP contribution in [0, 0.1) is 5.92 Å². The number of nitrogens with zero attached hydrogens (tertiary/aromatic N) is 2. The fourth-order valence-corrected chi connectivity index (χ4v) is 1.46. The van der Waals surface area contributed by atoms with Gasteiger partial charge >= 0.3 is 0 Å². The van der Waals surface area contributed by atoms with Crippen molar-refractivity contribution in [2.45, 2.75) is 20.3 Å². The summed E-state index contributed by atoms with van der Waals surface area (Å²) < 4.78 is 0. The maximum Gasteiger partial charge on any atom is 0.137 e. The Balaban J connectivity index is 2.72. The molecule has 0 bridgehead atoms. The summed E-state index contributed by atoms with van der Waals surface area (Å²) in [5.41, 5.74) is 0.921. The van der Waals surface area contributed by atoms with Gasteiger partial charge in [-0.3, -0.25) is 0 Å². The second-order valence-electron chi connectivity index (χ2n) is 3.51. The van der Waals surface area contributed by atoms with E-state index in [-0.39, 0.29) is 12.5 Å². The van der Waals surface area contributed by atoms with E-state index in [1.807, 2.05) is 13.8 Å². The minimum absolute atomic E-state index is 0.160. The van der Waals surface area contributed by atoms with Gasteiger partial charge in [-0.2, -0.15) is 0 Å². The van der Waals surface area contributed by atoms with E-state index in [4.69, 9.17) is 16.7 Å². The van der Waals surface area contributed by atoms with Crippen LogP contribution in [0.1, 0.15) is 19.4 Å². The van der Waals surface area contributed by atoms with Crippen molar-refractivity contribution in [3.8, 4) is 0 Å². The molecular weight excluding hydrogens is 214 g/mol. The molecule has 0 fully saturated rings. The van der Waals surface area contributed by atoms with E-state index in [1.54, 1.807) is 0 Å². The predicted octanol–water partition coefficient (Wildman–Crippen LogP) is 1.73. The van der Waals surface area contributed by atoms with Crippen LogP contribution < -0.4 is 5.32 Å². The Morgan fingerprint density at radius 1 is 1.53 bits per heavy atom. The van der Waals surface area contributed by atoms with Crippen LogP contribution in [0.3, 0.4) is 0 Å². The Morgan fingerprint density at radius 3 is 2.87 bits per heavy atom. The molecule has 0 saturated heterocycles. The summed E-state index contributed by atoms with van der Waals surface area (Å²) in [7, 11) is 0. The number of rotatable bonds is 5. The van der Waals surface area contributed by atoms with E-state index in [0.29, 0.717) is 11.7 Å². The molecule has 1 aromatic rings. The predicted molar refractivity (Wildman–Crippen MR) is 61.2 cm³/mol. The lowest BCUT2D eigenvalue weighted by Gasteiger charge is -2.13. The molecule has 1 heterocycles. The first-order valence-electron chi connectivity index (χ1n) is 5.03. The molecule has 0 amide bonds. The first kappa shape index (κ1) is 12.2. The molecule has 0 saturated carbocycles. The Hall–Kier alpha value is -0.870. The number of halogens is 1. The molecule has 15 heavy (non-hydrogen) atoms. The van der Waals surface area contributed by atoms with Crippen molar-refractivity contribution in [1.82, 2.24) is 9.97 Å². The van der Waals surface area contributed by atoms with Gasteiger partial charge < -0.3 is 10.4 Å². The number of aromatic nitrogens is 2. The number of hydrogen-bond acceptors (Lipinski definition) is 4. The molecule has 84 valence electrons. The molecule has 0 aliphatic carbocycles. The van der Waals surface area contributed by atoms with Gasteiger partial charge in [-0.25, -0.2) is 9.97 Å². The van der Waals surface area contributed by atoms with Crippen molar-refractivity contribution in [2.75, 3.05) is 18.5 Å². The normalized spacial score (nSPS) is 12.5. The molecule has 1 rings (SSSR count). The van der Waals surface area contributed by atoms with Crippen LogP contribution in [0.15, 0.2) is 6.33 Å². The van der Waals surface area contributed by atoms with Gasteiger partial charge in [0.15, 0.2) is 0 Å². The van der Waals surface area contributed by atoms with Gasteiger partial charge in [-0.05, 0) is 12.3 Å². The Labute approximate surface area is 94.7 Å². The molecule has 0 aliphatic heterocycles. The van der Waals surface area contributed by atoms with Gasteiger partial charge in [0.1, 0.15) is 17.3 Å². The van der Waals surface area contributed by atoms with Crippen LogP contribution in [-0.2, 0) is 6.42 Å². The van der Waals surface area contributed by atoms with Crippen LogP contribution in [-0.4, -0.2) is 28.2 Å². The van der Waals surface area contributed by atoms with E-state index in [0.717, 1.165) is 17.8 Å². The smallest absolute Gasteiger partial charge is 0.137 e. The number of aliphatic hydroxyl groups is 1. The highest BCUT2D eigenvalue weighted by Gasteiger charge is 2.08. The van der Waals surface area contributed by atoms with Gasteiger partial charge in [0, 0.05) is 18.7 Å². The topological polar surface area (TPSA) is 58.0 Å². The van der Waals surface area contributed by atoms with E-state index < -0.39 is 0 Å². The number of anilines is 1. The zero-order valence-corrected chi connectivity index (χ0v) is 9.75. The summed E-state index contributed by atoms with van der Waals surface area (Å²) in [5, 5.41) is 12.5. The highest BCUT2D eigenvalue weighted by Crippen LogP contribution is 2.20. The maximum atomic E-state index is 8.90. The van der Waals surface area contributed by atoms with Gasteiger partial charge in [0.2, 0.25) is 0 Å². The fourth-order valence-electron chi connectivity index (χ4n) is 1.19. The Morgan fingerprint density at radius 2 is 2.27 bits per heavy atom. The molecule has 1 atom stereocenters. The summed E-state index contributed by atoms with van der Waals surface area (Å²) in [5.74, 6) is 0.959. The second kappa shape index (κ2) is 5.88. The van der Waals surface area contributed by atoms with Crippen LogP contribution in [0.25, 0.3) is 0 Å². The van der Waals surface area contributed by atoms with Crippen molar-refractivity contribution in [1.29, 1.82) is 0 Å². The first-order chi connectivity index (χ1) is 7.19. The second-order valence-corrected chi connectivity index (χ2v) is 3.87. The molecule has 2 N–H and O–H groups in total. The average molecular weight is 230 g/mol. The quantitative estimate of drug-likeness (QED) is 0.756. The van der Waals surface area contributed by atoms with E-state index in [2.05, 4.69) is 15.3 Å². The van der Waals surface area contributed by atoms with Crippen LogP contribution >= 0.6 is 11.6 Å². The van der Waals surface area contributed by atoms with Gasteiger partial charge in [0.25, 0.3) is 0 Å². The zero-order valence-electron chi connectivity index (χ0n) is 9.00. The zero-order chi connectivity index (χ0) is 11.3. The highest BCUT2D eigenvalue weighted by molar-refractivity contribution is 6.30. The van der Waals surface area contributed by atoms with E-state index >= 15 is 0 Å². The van der Waals surface area contributed by atoms with Crippen LogP contribution in [0.5, 0.6) is 0 Å². The van der Waals surface area contributed by atoms with Gasteiger partial charge in [-0.1, -0.05) is 25.4 Å². The summed E-state index contributed by atoms with van der Waals surface area (Å²) in [6.07, 6.45) is 2.23. The van der Waals surface area contributed by atoms with Crippen molar-refractivity contribution < 1.29 is 5.11 Å². The largest absolute Gasteiger partial charge is 0.396 e. The standard InChI is InChI=1S/C10H16ClN3O/c1-3-8-9(11)13-6-14-10(8)12-4-7(2)5-15/h6-7,15H,3-5H2,1-2H3,(H,12,13,14). The molecular formula is C10H16ClN3O. The third-order valence-electron chi connectivity index (χ3n) is 2.18. The number of hydrogen-bond donors (Lipinski definition) is 2. The van der Waals surface area contributed by atoms with Gasteiger partial charge in [0.05, 0.1) is 0 Å². The van der Waals surface area contributed by atoms with Crippen molar-refractivity contribution in [3.05, 3.63) is 17.0 Å². The summed E-state index contributed by atoms with van der Waals surface area (Å²) in [4.78, 5) is 8.05. The van der Waals surface area contributed by atoms with Crippen molar-refractivity contribution >= 4 is 17.4 Å². The lowest BCUT2D eigenvalue weighted by molar-refractivity contribution is 0.244. The summed E-state index contributed by atoms with van der Waals surface area (Å²) in [6, 6.07) is 0. The van der Waals surface area contributed by atoms with Crippen molar-refractivity contribution in [2.24, 2.45) is 5.92 Å². The molecule has 4 nitrogen and oxygen atoms in total. The van der Waals surface area contributed by atoms with E-state index in [9.17, 15) is 0 Å². The summed E-state index contributed by atoms with van der Waals surface area (Å²) >= 11 is 5.94. The molecule has 0 aromatic carbocycles. The van der Waals surface area contributed by atoms with E-state index in [1.165, 1.54) is 6.33 Å². The molecule has 5 heteroatoms. The molecule has 1 unspecified atom stereocenters. The van der Waals surface area contributed by atoms with Gasteiger partial charge in [-0.15, -0.1) is 0 Å². The molecule has 0 spiro atoms. The highest BCUT2D eigenvalue weighted by atomic mass is 35.5.